The average Bonchev–Trinajstić information content (AvgIpc) is 3.54. The fourth-order valence-electron chi connectivity index (χ4n) is 3.63. The van der Waals surface area contributed by atoms with Crippen molar-refractivity contribution in [3.63, 3.8) is 0 Å². The largest absolute Gasteiger partial charge is 0.462 e. The van der Waals surface area contributed by atoms with Gasteiger partial charge in [-0.2, -0.15) is 0 Å². The molecule has 2 aromatic heterocycles. The number of aromatic nitrogens is 3. The van der Waals surface area contributed by atoms with Crippen molar-refractivity contribution in [2.24, 2.45) is 7.05 Å². The first-order chi connectivity index (χ1) is 17.3. The minimum Gasteiger partial charge on any atom is -0.462 e. The van der Waals surface area contributed by atoms with E-state index < -0.39 is 29.4 Å². The molecule has 1 aliphatic rings. The summed E-state index contributed by atoms with van der Waals surface area (Å²) in [5.74, 6) is -2.05. The molecule has 0 atom stereocenters. The molecule has 0 saturated heterocycles. The molecular weight excluding hydrogens is 510 g/mol. The van der Waals surface area contributed by atoms with Gasteiger partial charge >= 0.3 is 11.9 Å². The monoisotopic (exact) mass is 531 g/mol. The van der Waals surface area contributed by atoms with Crippen LogP contribution in [0.1, 0.15) is 44.5 Å². The quantitative estimate of drug-likeness (QED) is 0.247. The van der Waals surface area contributed by atoms with Crippen LogP contribution in [0.4, 0.5) is 10.7 Å². The SMILES string of the molecule is CCOC(=O)c1c(NC(=O)COC(=O)c2ccc(Sc3nncn3C)c([N+](=O)[O-])c2)sc2c1CCC2. The molecule has 188 valence electrons. The number of amides is 1. The number of hydrogen-bond acceptors (Lipinski definition) is 11. The maximum atomic E-state index is 12.5. The van der Waals surface area contributed by atoms with Gasteiger partial charge in [-0.05, 0) is 55.6 Å². The Kier molecular flexibility index (Phi) is 7.64. The molecule has 36 heavy (non-hydrogen) atoms. The number of ether oxygens (including phenoxy) is 2. The van der Waals surface area contributed by atoms with E-state index in [4.69, 9.17) is 9.47 Å². The second-order valence-corrected chi connectivity index (χ2v) is 9.79. The predicted molar refractivity (Wildman–Crippen MR) is 129 cm³/mol. The summed E-state index contributed by atoms with van der Waals surface area (Å²) in [4.78, 5) is 49.7. The van der Waals surface area contributed by atoms with Crippen molar-refractivity contribution in [1.82, 2.24) is 14.8 Å². The molecule has 0 unspecified atom stereocenters. The van der Waals surface area contributed by atoms with E-state index >= 15 is 0 Å². The number of nitro groups is 1. The number of nitro benzene ring substituents is 1. The van der Waals surface area contributed by atoms with Gasteiger partial charge in [0.15, 0.2) is 11.8 Å². The van der Waals surface area contributed by atoms with Crippen LogP contribution in [0.15, 0.2) is 34.6 Å². The number of nitrogens with one attached hydrogen (secondary N) is 1. The zero-order chi connectivity index (χ0) is 25.8. The lowest BCUT2D eigenvalue weighted by Gasteiger charge is -2.09. The highest BCUT2D eigenvalue weighted by Gasteiger charge is 2.28. The first-order valence-electron chi connectivity index (χ1n) is 10.9. The van der Waals surface area contributed by atoms with E-state index in [1.54, 1.807) is 18.5 Å². The first-order valence-corrected chi connectivity index (χ1v) is 12.5. The first kappa shape index (κ1) is 25.3. The van der Waals surface area contributed by atoms with Gasteiger partial charge in [-0.3, -0.25) is 14.9 Å². The number of carbonyl (C=O) groups excluding carboxylic acids is 3. The summed E-state index contributed by atoms with van der Waals surface area (Å²) < 4.78 is 11.8. The van der Waals surface area contributed by atoms with Gasteiger partial charge in [-0.15, -0.1) is 21.5 Å². The maximum absolute atomic E-state index is 12.5. The van der Waals surface area contributed by atoms with Crippen LogP contribution in [0.2, 0.25) is 0 Å². The van der Waals surface area contributed by atoms with Gasteiger partial charge in [0.05, 0.1) is 27.6 Å². The van der Waals surface area contributed by atoms with Crippen LogP contribution in [0.5, 0.6) is 0 Å². The predicted octanol–water partition coefficient (Wildman–Crippen LogP) is 3.40. The third-order valence-electron chi connectivity index (χ3n) is 5.25. The van der Waals surface area contributed by atoms with Crippen molar-refractivity contribution in [3.05, 3.63) is 56.2 Å². The van der Waals surface area contributed by atoms with Crippen molar-refractivity contribution in [2.75, 3.05) is 18.5 Å². The molecule has 1 aliphatic carbocycles. The molecule has 1 aromatic carbocycles. The minimum absolute atomic E-state index is 0.0841. The molecule has 12 nitrogen and oxygen atoms in total. The summed E-state index contributed by atoms with van der Waals surface area (Å²) >= 11 is 2.34. The molecule has 0 radical (unpaired) electrons. The Morgan fingerprint density at radius 1 is 1.25 bits per heavy atom. The molecule has 1 N–H and O–H groups in total. The summed E-state index contributed by atoms with van der Waals surface area (Å²) in [5, 5.41) is 22.6. The third kappa shape index (κ3) is 5.39. The molecule has 3 aromatic rings. The molecular formula is C22H21N5O7S2. The van der Waals surface area contributed by atoms with Gasteiger partial charge < -0.3 is 19.4 Å². The summed E-state index contributed by atoms with van der Waals surface area (Å²) in [7, 11) is 1.70. The molecule has 1 amide bonds. The second-order valence-electron chi connectivity index (χ2n) is 7.67. The highest BCUT2D eigenvalue weighted by molar-refractivity contribution is 7.99. The smallest absolute Gasteiger partial charge is 0.341 e. The van der Waals surface area contributed by atoms with Crippen molar-refractivity contribution in [3.8, 4) is 0 Å². The topological polar surface area (TPSA) is 156 Å². The molecule has 2 heterocycles. The van der Waals surface area contributed by atoms with Crippen molar-refractivity contribution < 1.29 is 28.8 Å². The number of hydrogen-bond donors (Lipinski definition) is 1. The highest BCUT2D eigenvalue weighted by Crippen LogP contribution is 2.39. The number of thiophene rings is 1. The van der Waals surface area contributed by atoms with Crippen molar-refractivity contribution in [1.29, 1.82) is 0 Å². The van der Waals surface area contributed by atoms with E-state index in [9.17, 15) is 24.5 Å². The van der Waals surface area contributed by atoms with Gasteiger partial charge in [0.1, 0.15) is 11.3 Å². The zero-order valence-corrected chi connectivity index (χ0v) is 20.9. The van der Waals surface area contributed by atoms with E-state index in [-0.39, 0.29) is 22.8 Å². The van der Waals surface area contributed by atoms with Gasteiger partial charge in [-0.25, -0.2) is 9.59 Å². The summed E-state index contributed by atoms with van der Waals surface area (Å²) in [5.41, 5.74) is 0.839. The second kappa shape index (κ2) is 10.9. The average molecular weight is 532 g/mol. The van der Waals surface area contributed by atoms with Crippen molar-refractivity contribution in [2.45, 2.75) is 36.2 Å². The van der Waals surface area contributed by atoms with Crippen LogP contribution in [0.25, 0.3) is 0 Å². The Hall–Kier alpha value is -3.78. The number of aryl methyl sites for hydroxylation is 2. The normalized spacial score (nSPS) is 12.2. The standard InChI is InChI=1S/C22H21N5O7S2/c1-3-33-21(30)18-13-5-4-6-15(13)35-19(18)24-17(28)10-34-20(29)12-7-8-16(14(9-12)27(31)32)36-22-25-23-11-26(22)2/h7-9,11H,3-6,10H2,1-2H3,(H,24,28). The van der Waals surface area contributed by atoms with Crippen LogP contribution < -0.4 is 5.32 Å². The van der Waals surface area contributed by atoms with Crippen molar-refractivity contribution >= 4 is 51.6 Å². The number of carbonyl (C=O) groups is 3. The number of benzene rings is 1. The van der Waals surface area contributed by atoms with Gasteiger partial charge in [0, 0.05) is 18.0 Å². The number of fused-ring (bicyclic) bond motifs is 1. The van der Waals surface area contributed by atoms with Gasteiger partial charge in [0.2, 0.25) is 0 Å². The number of rotatable bonds is 9. The Morgan fingerprint density at radius 3 is 2.75 bits per heavy atom. The molecule has 0 spiro atoms. The van der Waals surface area contributed by atoms with Crippen LogP contribution in [-0.4, -0.2) is 50.7 Å². The van der Waals surface area contributed by atoms with Crippen LogP contribution in [-0.2, 0) is 34.2 Å². The fraction of sp³-hybridized carbons (Fsp3) is 0.318. The van der Waals surface area contributed by atoms with Crippen LogP contribution in [0, 0.1) is 10.1 Å². The summed E-state index contributed by atoms with van der Waals surface area (Å²) in [6.07, 6.45) is 3.95. The Morgan fingerprint density at radius 2 is 2.06 bits per heavy atom. The summed E-state index contributed by atoms with van der Waals surface area (Å²) in [6.45, 7) is 1.27. The minimum atomic E-state index is -0.900. The summed E-state index contributed by atoms with van der Waals surface area (Å²) in [6, 6.07) is 3.86. The highest BCUT2D eigenvalue weighted by atomic mass is 32.2. The van der Waals surface area contributed by atoms with Crippen LogP contribution >= 0.6 is 23.1 Å². The van der Waals surface area contributed by atoms with E-state index in [0.717, 1.165) is 47.5 Å². The van der Waals surface area contributed by atoms with Crippen LogP contribution in [0.3, 0.4) is 0 Å². The molecule has 0 saturated carbocycles. The lowest BCUT2D eigenvalue weighted by Crippen LogP contribution is -2.22. The lowest BCUT2D eigenvalue weighted by molar-refractivity contribution is -0.387. The number of nitrogens with zero attached hydrogens (tertiary/aromatic N) is 4. The Balaban J connectivity index is 1.43. The van der Waals surface area contributed by atoms with E-state index in [0.29, 0.717) is 15.7 Å². The van der Waals surface area contributed by atoms with E-state index in [1.165, 1.54) is 29.8 Å². The number of anilines is 1. The third-order valence-corrected chi connectivity index (χ3v) is 7.58. The Labute approximate surface area is 213 Å². The molecule has 0 aliphatic heterocycles. The molecule has 0 fully saturated rings. The number of esters is 2. The molecule has 0 bridgehead atoms. The van der Waals surface area contributed by atoms with Gasteiger partial charge in [0.25, 0.3) is 11.6 Å². The maximum Gasteiger partial charge on any atom is 0.341 e. The Bertz CT molecular complexity index is 1350. The zero-order valence-electron chi connectivity index (χ0n) is 19.3. The lowest BCUT2D eigenvalue weighted by atomic mass is 10.1. The molecule has 4 rings (SSSR count). The van der Waals surface area contributed by atoms with E-state index in [2.05, 4.69) is 15.5 Å². The van der Waals surface area contributed by atoms with E-state index in [1.807, 2.05) is 0 Å². The van der Waals surface area contributed by atoms with Gasteiger partial charge in [-0.1, -0.05) is 0 Å². The molecule has 14 heteroatoms. The fourth-order valence-corrected chi connectivity index (χ4v) is 5.77.